The van der Waals surface area contributed by atoms with Crippen LogP contribution in [0.5, 0.6) is 0 Å². The van der Waals surface area contributed by atoms with Crippen LogP contribution in [0.1, 0.15) is 10.4 Å². The van der Waals surface area contributed by atoms with Crippen LogP contribution in [-0.2, 0) is 0 Å². The first kappa shape index (κ1) is 11.4. The number of fused-ring (bicyclic) bond motifs is 1. The van der Waals surface area contributed by atoms with Crippen LogP contribution in [-0.4, -0.2) is 10.9 Å². The highest BCUT2D eigenvalue weighted by atomic mass is 19.1. The van der Waals surface area contributed by atoms with Crippen molar-refractivity contribution < 1.29 is 13.6 Å². The molecule has 4 nitrogen and oxygen atoms in total. The number of benzene rings is 2. The maximum Gasteiger partial charge on any atom is 0.302 e. The van der Waals surface area contributed by atoms with Gasteiger partial charge in [-0.3, -0.25) is 10.1 Å². The van der Waals surface area contributed by atoms with Gasteiger partial charge in [0.1, 0.15) is 11.3 Å². The van der Waals surface area contributed by atoms with Gasteiger partial charge in [-0.2, -0.15) is 4.98 Å². The molecule has 1 N–H and O–H groups in total. The van der Waals surface area contributed by atoms with Gasteiger partial charge in [-0.05, 0) is 24.3 Å². The van der Waals surface area contributed by atoms with Gasteiger partial charge in [-0.15, -0.1) is 0 Å². The molecule has 0 atom stereocenters. The predicted octanol–water partition coefficient (Wildman–Crippen LogP) is 3.22. The summed E-state index contributed by atoms with van der Waals surface area (Å²) in [6.07, 6.45) is 0. The Bertz CT molecular complexity index is 719. The molecule has 0 saturated carbocycles. The number of carbonyl (C=O) groups excluding carboxylic acids is 1. The van der Waals surface area contributed by atoms with Gasteiger partial charge in [0, 0.05) is 0 Å². The van der Waals surface area contributed by atoms with E-state index in [1.165, 1.54) is 18.2 Å². The van der Waals surface area contributed by atoms with Crippen molar-refractivity contribution in [2.24, 2.45) is 0 Å². The van der Waals surface area contributed by atoms with Crippen molar-refractivity contribution in [1.29, 1.82) is 0 Å². The van der Waals surface area contributed by atoms with Gasteiger partial charge in [0.2, 0.25) is 0 Å². The number of carbonyl (C=O) groups is 1. The summed E-state index contributed by atoms with van der Waals surface area (Å²) in [6.45, 7) is 0. The van der Waals surface area contributed by atoms with Crippen molar-refractivity contribution in [1.82, 2.24) is 4.98 Å². The summed E-state index contributed by atoms with van der Waals surface area (Å²) in [7, 11) is 0. The molecule has 1 aromatic heterocycles. The van der Waals surface area contributed by atoms with Crippen LogP contribution in [0.25, 0.3) is 11.1 Å². The van der Waals surface area contributed by atoms with Gasteiger partial charge >= 0.3 is 6.01 Å². The van der Waals surface area contributed by atoms with Crippen LogP contribution in [0.3, 0.4) is 0 Å². The summed E-state index contributed by atoms with van der Waals surface area (Å²) in [5, 5.41) is 2.43. The summed E-state index contributed by atoms with van der Waals surface area (Å²) < 4.78 is 18.8. The van der Waals surface area contributed by atoms with E-state index in [1.807, 2.05) is 6.07 Å². The van der Waals surface area contributed by atoms with Crippen LogP contribution < -0.4 is 5.32 Å². The molecule has 2 aromatic carbocycles. The molecule has 3 aromatic rings. The minimum absolute atomic E-state index is 0.0504. The number of aromatic nitrogens is 1. The maximum absolute atomic E-state index is 13.4. The Morgan fingerprint density at radius 1 is 1.11 bits per heavy atom. The standard InChI is InChI=1S/C14H9FN2O2/c15-10-6-2-1-5-9(10)13(18)17-14-16-11-7-3-4-8-12(11)19-14/h1-8H,(H,16,17,18). The molecule has 5 heteroatoms. The van der Waals surface area contributed by atoms with Gasteiger partial charge in [0.25, 0.3) is 5.91 Å². The summed E-state index contributed by atoms with van der Waals surface area (Å²) in [5.74, 6) is -1.18. The first-order valence-electron chi connectivity index (χ1n) is 5.65. The van der Waals surface area contributed by atoms with E-state index in [-0.39, 0.29) is 11.6 Å². The van der Waals surface area contributed by atoms with E-state index in [2.05, 4.69) is 10.3 Å². The summed E-state index contributed by atoms with van der Waals surface area (Å²) in [4.78, 5) is 15.9. The zero-order valence-corrected chi connectivity index (χ0v) is 9.76. The minimum atomic E-state index is -0.593. The van der Waals surface area contributed by atoms with Crippen molar-refractivity contribution >= 4 is 23.0 Å². The second kappa shape index (κ2) is 4.53. The Morgan fingerprint density at radius 3 is 2.63 bits per heavy atom. The largest absolute Gasteiger partial charge is 0.423 e. The van der Waals surface area contributed by atoms with Crippen molar-refractivity contribution in [2.45, 2.75) is 0 Å². The fraction of sp³-hybridized carbons (Fsp3) is 0. The first-order valence-corrected chi connectivity index (χ1v) is 5.65. The van der Waals surface area contributed by atoms with Crippen molar-refractivity contribution in [3.05, 3.63) is 59.9 Å². The second-order valence-corrected chi connectivity index (χ2v) is 3.92. The zero-order chi connectivity index (χ0) is 13.2. The fourth-order valence-electron chi connectivity index (χ4n) is 1.74. The van der Waals surface area contributed by atoms with Gasteiger partial charge < -0.3 is 4.42 Å². The molecule has 3 rings (SSSR count). The Hall–Kier alpha value is -2.69. The molecule has 94 valence electrons. The monoisotopic (exact) mass is 256 g/mol. The van der Waals surface area contributed by atoms with E-state index in [9.17, 15) is 9.18 Å². The molecule has 0 bridgehead atoms. The van der Waals surface area contributed by atoms with E-state index in [1.54, 1.807) is 24.3 Å². The zero-order valence-electron chi connectivity index (χ0n) is 9.76. The molecule has 19 heavy (non-hydrogen) atoms. The molecule has 1 heterocycles. The number of nitrogens with one attached hydrogen (secondary N) is 1. The number of hydrogen-bond acceptors (Lipinski definition) is 3. The molecule has 0 saturated heterocycles. The number of para-hydroxylation sites is 2. The lowest BCUT2D eigenvalue weighted by atomic mass is 10.2. The van der Waals surface area contributed by atoms with Gasteiger partial charge in [-0.25, -0.2) is 4.39 Å². The third-order valence-electron chi connectivity index (χ3n) is 2.63. The smallest absolute Gasteiger partial charge is 0.302 e. The van der Waals surface area contributed by atoms with E-state index >= 15 is 0 Å². The van der Waals surface area contributed by atoms with Crippen LogP contribution >= 0.6 is 0 Å². The third kappa shape index (κ3) is 2.18. The summed E-state index contributed by atoms with van der Waals surface area (Å²) in [5.41, 5.74) is 1.14. The number of halogens is 1. The molecule has 1 amide bonds. The average Bonchev–Trinajstić information content (AvgIpc) is 2.81. The lowest BCUT2D eigenvalue weighted by molar-refractivity contribution is 0.102. The minimum Gasteiger partial charge on any atom is -0.423 e. The first-order chi connectivity index (χ1) is 9.24. The molecular weight excluding hydrogens is 247 g/mol. The van der Waals surface area contributed by atoms with Gasteiger partial charge in [-0.1, -0.05) is 24.3 Å². The summed E-state index contributed by atoms with van der Waals surface area (Å²) >= 11 is 0. The number of anilines is 1. The third-order valence-corrected chi connectivity index (χ3v) is 2.63. The number of nitrogens with zero attached hydrogens (tertiary/aromatic N) is 1. The van der Waals surface area contributed by atoms with Crippen molar-refractivity contribution in [2.75, 3.05) is 5.32 Å². The Kier molecular flexibility index (Phi) is 2.72. The lowest BCUT2D eigenvalue weighted by Gasteiger charge is -2.01. The van der Waals surface area contributed by atoms with E-state index in [0.717, 1.165) is 0 Å². The molecule has 0 radical (unpaired) electrons. The topological polar surface area (TPSA) is 55.1 Å². The van der Waals surface area contributed by atoms with E-state index < -0.39 is 11.7 Å². The van der Waals surface area contributed by atoms with Crippen LogP contribution in [0, 0.1) is 5.82 Å². The van der Waals surface area contributed by atoms with Crippen LogP contribution in [0.4, 0.5) is 10.4 Å². The van der Waals surface area contributed by atoms with Gasteiger partial charge in [0.15, 0.2) is 5.58 Å². The number of hydrogen-bond donors (Lipinski definition) is 1. The average molecular weight is 256 g/mol. The van der Waals surface area contributed by atoms with E-state index in [4.69, 9.17) is 4.42 Å². The van der Waals surface area contributed by atoms with Crippen molar-refractivity contribution in [3.63, 3.8) is 0 Å². The second-order valence-electron chi connectivity index (χ2n) is 3.92. The molecule has 0 aliphatic rings. The Labute approximate surface area is 107 Å². The normalized spacial score (nSPS) is 10.6. The SMILES string of the molecule is O=C(Nc1nc2ccccc2o1)c1ccccc1F. The van der Waals surface area contributed by atoms with Crippen LogP contribution in [0.15, 0.2) is 52.9 Å². The fourth-order valence-corrected chi connectivity index (χ4v) is 1.74. The molecule has 0 spiro atoms. The predicted molar refractivity (Wildman–Crippen MR) is 68.4 cm³/mol. The highest BCUT2D eigenvalue weighted by molar-refractivity contribution is 6.03. The molecular formula is C14H9FN2O2. The lowest BCUT2D eigenvalue weighted by Crippen LogP contribution is -2.13. The number of oxazole rings is 1. The molecule has 0 unspecified atom stereocenters. The van der Waals surface area contributed by atoms with E-state index in [0.29, 0.717) is 11.1 Å². The van der Waals surface area contributed by atoms with Crippen molar-refractivity contribution in [3.8, 4) is 0 Å². The number of amides is 1. The van der Waals surface area contributed by atoms with Gasteiger partial charge in [0.05, 0.1) is 5.56 Å². The molecule has 0 aliphatic carbocycles. The Balaban J connectivity index is 1.89. The summed E-state index contributed by atoms with van der Waals surface area (Å²) in [6, 6.07) is 12.9. The quantitative estimate of drug-likeness (QED) is 0.765. The molecule has 0 aliphatic heterocycles. The van der Waals surface area contributed by atoms with Crippen LogP contribution in [0.2, 0.25) is 0 Å². The number of rotatable bonds is 2. The Morgan fingerprint density at radius 2 is 1.84 bits per heavy atom. The highest BCUT2D eigenvalue weighted by Gasteiger charge is 2.14. The molecule has 0 fully saturated rings. The maximum atomic E-state index is 13.4. The highest BCUT2D eigenvalue weighted by Crippen LogP contribution is 2.19.